The van der Waals surface area contributed by atoms with Gasteiger partial charge in [-0.3, -0.25) is 19.7 Å². The lowest BCUT2D eigenvalue weighted by Crippen LogP contribution is -2.20. The number of nitro benzene ring substituents is 1. The zero-order valence-electron chi connectivity index (χ0n) is 16.8. The highest BCUT2D eigenvalue weighted by Gasteiger charge is 2.09. The first kappa shape index (κ1) is 23.7. The molecule has 2 N–H and O–H groups in total. The second-order valence-corrected chi connectivity index (χ2v) is 7.35. The van der Waals surface area contributed by atoms with Crippen molar-refractivity contribution in [3.8, 4) is 5.75 Å². The Morgan fingerprint density at radius 2 is 1.70 bits per heavy atom. The molecule has 3 aromatic rings. The number of hydrogen-bond donors (Lipinski definition) is 2. The lowest BCUT2D eigenvalue weighted by molar-refractivity contribution is -0.384. The first-order valence-electron chi connectivity index (χ1n) is 9.37. The lowest BCUT2D eigenvalue weighted by Gasteiger charge is -2.08. The van der Waals surface area contributed by atoms with E-state index >= 15 is 0 Å². The summed E-state index contributed by atoms with van der Waals surface area (Å²) in [6.07, 6.45) is 1.42. The highest BCUT2D eigenvalue weighted by atomic mass is 35.5. The predicted octanol–water partition coefficient (Wildman–Crippen LogP) is 4.68. The Hall–Kier alpha value is -3.95. The lowest BCUT2D eigenvalue weighted by atomic mass is 10.2. The van der Waals surface area contributed by atoms with Crippen molar-refractivity contribution >= 4 is 52.6 Å². The Labute approximate surface area is 198 Å². The van der Waals surface area contributed by atoms with Crippen molar-refractivity contribution in [2.75, 3.05) is 11.9 Å². The first-order valence-corrected chi connectivity index (χ1v) is 10.1. The molecule has 0 aliphatic rings. The van der Waals surface area contributed by atoms with Crippen molar-refractivity contribution in [2.24, 2.45) is 5.10 Å². The number of nitro groups is 1. The molecule has 2 amide bonds. The van der Waals surface area contributed by atoms with Crippen LogP contribution in [0.15, 0.2) is 71.8 Å². The smallest absolute Gasteiger partial charge is 0.271 e. The Morgan fingerprint density at radius 1 is 1.00 bits per heavy atom. The van der Waals surface area contributed by atoms with Crippen molar-refractivity contribution in [1.82, 2.24) is 5.43 Å². The number of anilines is 1. The van der Waals surface area contributed by atoms with Gasteiger partial charge in [0, 0.05) is 23.4 Å². The quantitative estimate of drug-likeness (QED) is 0.271. The molecule has 168 valence electrons. The van der Waals surface area contributed by atoms with E-state index in [2.05, 4.69) is 15.8 Å². The molecule has 3 aromatic carbocycles. The average molecular weight is 487 g/mol. The van der Waals surface area contributed by atoms with E-state index in [4.69, 9.17) is 27.9 Å². The van der Waals surface area contributed by atoms with E-state index in [-0.39, 0.29) is 23.8 Å². The first-order chi connectivity index (χ1) is 15.8. The molecule has 0 aromatic heterocycles. The van der Waals surface area contributed by atoms with Crippen LogP contribution in [0.4, 0.5) is 11.4 Å². The van der Waals surface area contributed by atoms with Gasteiger partial charge in [0.1, 0.15) is 5.75 Å². The topological polar surface area (TPSA) is 123 Å². The Bertz CT molecular complexity index is 1200. The molecule has 0 heterocycles. The molecule has 0 aliphatic heterocycles. The molecule has 33 heavy (non-hydrogen) atoms. The van der Waals surface area contributed by atoms with E-state index in [9.17, 15) is 19.7 Å². The molecule has 0 fully saturated rings. The number of halogens is 2. The number of rotatable bonds is 8. The summed E-state index contributed by atoms with van der Waals surface area (Å²) in [5.74, 6) is -0.409. The molecule has 0 saturated carbocycles. The summed E-state index contributed by atoms with van der Waals surface area (Å²) >= 11 is 11.8. The molecule has 0 saturated heterocycles. The number of nitrogens with one attached hydrogen (secondary N) is 2. The van der Waals surface area contributed by atoms with E-state index in [0.29, 0.717) is 27.0 Å². The van der Waals surface area contributed by atoms with Crippen LogP contribution in [0, 0.1) is 10.1 Å². The number of ether oxygens (including phenoxy) is 1. The summed E-state index contributed by atoms with van der Waals surface area (Å²) in [5.41, 5.74) is 3.64. The highest BCUT2D eigenvalue weighted by molar-refractivity contribution is 6.42. The van der Waals surface area contributed by atoms with Crippen molar-refractivity contribution in [3.63, 3.8) is 0 Å². The van der Waals surface area contributed by atoms with Gasteiger partial charge < -0.3 is 10.1 Å². The van der Waals surface area contributed by atoms with Crippen LogP contribution in [0.25, 0.3) is 0 Å². The van der Waals surface area contributed by atoms with Crippen LogP contribution in [0.5, 0.6) is 5.75 Å². The van der Waals surface area contributed by atoms with Gasteiger partial charge in [-0.05, 0) is 60.2 Å². The Balaban J connectivity index is 1.46. The number of non-ortho nitro benzene ring substituents is 1. The summed E-state index contributed by atoms with van der Waals surface area (Å²) in [5, 5.41) is 17.9. The van der Waals surface area contributed by atoms with Crippen LogP contribution in [0.2, 0.25) is 10.0 Å². The maximum Gasteiger partial charge on any atom is 0.271 e. The third-order valence-corrected chi connectivity index (χ3v) is 4.91. The summed E-state index contributed by atoms with van der Waals surface area (Å²) in [4.78, 5) is 34.1. The fourth-order valence-electron chi connectivity index (χ4n) is 2.53. The number of benzene rings is 3. The minimum absolute atomic E-state index is 0.107. The normalized spacial score (nSPS) is 10.6. The fraction of sp³-hybridized carbons (Fsp3) is 0.0455. The number of carbonyl (C=O) groups excluding carboxylic acids is 2. The number of carbonyl (C=O) groups is 2. The molecule has 9 nitrogen and oxygen atoms in total. The molecule has 0 radical (unpaired) electrons. The summed E-state index contributed by atoms with van der Waals surface area (Å²) < 4.78 is 5.44. The molecule has 0 aliphatic carbocycles. The average Bonchev–Trinajstić information content (AvgIpc) is 2.81. The highest BCUT2D eigenvalue weighted by Crippen LogP contribution is 2.25. The van der Waals surface area contributed by atoms with Crippen LogP contribution < -0.4 is 15.5 Å². The third-order valence-electron chi connectivity index (χ3n) is 4.17. The SMILES string of the molecule is O=C(COc1ccc(/C=N\NC(=O)c2ccc([N+](=O)[O-])cc2)cc1)Nc1ccc(Cl)c(Cl)c1. The van der Waals surface area contributed by atoms with E-state index in [0.717, 1.165) is 0 Å². The summed E-state index contributed by atoms with van der Waals surface area (Å²) in [6, 6.07) is 16.6. The van der Waals surface area contributed by atoms with Crippen molar-refractivity contribution < 1.29 is 19.2 Å². The van der Waals surface area contributed by atoms with Gasteiger partial charge in [-0.15, -0.1) is 0 Å². The molecule has 0 spiro atoms. The van der Waals surface area contributed by atoms with Crippen molar-refractivity contribution in [3.05, 3.63) is 98.0 Å². The van der Waals surface area contributed by atoms with Gasteiger partial charge in [0.05, 0.1) is 21.2 Å². The Kier molecular flexibility index (Phi) is 7.96. The largest absolute Gasteiger partial charge is 0.484 e. The Morgan fingerprint density at radius 3 is 2.33 bits per heavy atom. The van der Waals surface area contributed by atoms with Crippen molar-refractivity contribution in [2.45, 2.75) is 0 Å². The van der Waals surface area contributed by atoms with Crippen LogP contribution in [-0.4, -0.2) is 29.6 Å². The molecular weight excluding hydrogens is 471 g/mol. The van der Waals surface area contributed by atoms with E-state index in [1.165, 1.54) is 36.5 Å². The zero-order chi connectivity index (χ0) is 23.8. The summed E-state index contributed by atoms with van der Waals surface area (Å²) in [7, 11) is 0. The standard InChI is InChI=1S/C22H16Cl2N4O5/c23-19-10-5-16(11-20(19)24)26-21(29)13-33-18-8-1-14(2-9-18)12-25-27-22(30)15-3-6-17(7-4-15)28(31)32/h1-12H,13H2,(H,26,29)(H,27,30)/b25-12-. The number of nitrogens with zero attached hydrogens (tertiary/aromatic N) is 2. The van der Waals surface area contributed by atoms with E-state index in [1.807, 2.05) is 0 Å². The fourth-order valence-corrected chi connectivity index (χ4v) is 2.83. The maximum atomic E-state index is 12.0. The number of amides is 2. The predicted molar refractivity (Wildman–Crippen MR) is 125 cm³/mol. The van der Waals surface area contributed by atoms with Gasteiger partial charge in [0.2, 0.25) is 0 Å². The maximum absolute atomic E-state index is 12.0. The molecule has 0 bridgehead atoms. The van der Waals surface area contributed by atoms with Gasteiger partial charge in [-0.2, -0.15) is 5.10 Å². The van der Waals surface area contributed by atoms with Crippen molar-refractivity contribution in [1.29, 1.82) is 0 Å². The van der Waals surface area contributed by atoms with Crippen LogP contribution in [0.3, 0.4) is 0 Å². The van der Waals surface area contributed by atoms with Crippen LogP contribution in [-0.2, 0) is 4.79 Å². The molecular formula is C22H16Cl2N4O5. The van der Waals surface area contributed by atoms with Gasteiger partial charge in [0.25, 0.3) is 17.5 Å². The number of hydrogen-bond acceptors (Lipinski definition) is 6. The monoisotopic (exact) mass is 486 g/mol. The molecule has 0 atom stereocenters. The van der Waals surface area contributed by atoms with E-state index < -0.39 is 10.8 Å². The number of hydrazone groups is 1. The summed E-state index contributed by atoms with van der Waals surface area (Å²) in [6.45, 7) is -0.209. The molecule has 0 unspecified atom stereocenters. The van der Waals surface area contributed by atoms with Gasteiger partial charge in [-0.1, -0.05) is 23.2 Å². The minimum atomic E-state index is -0.546. The zero-order valence-corrected chi connectivity index (χ0v) is 18.3. The minimum Gasteiger partial charge on any atom is -0.484 e. The van der Waals surface area contributed by atoms with Gasteiger partial charge >= 0.3 is 0 Å². The second kappa shape index (κ2) is 11.1. The van der Waals surface area contributed by atoms with Crippen LogP contribution in [0.1, 0.15) is 15.9 Å². The van der Waals surface area contributed by atoms with E-state index in [1.54, 1.807) is 36.4 Å². The third kappa shape index (κ3) is 7.03. The van der Waals surface area contributed by atoms with Crippen LogP contribution >= 0.6 is 23.2 Å². The van der Waals surface area contributed by atoms with Gasteiger partial charge in [0.15, 0.2) is 6.61 Å². The molecule has 3 rings (SSSR count). The van der Waals surface area contributed by atoms with Gasteiger partial charge in [-0.25, -0.2) is 5.43 Å². The second-order valence-electron chi connectivity index (χ2n) is 6.54. The molecule has 11 heteroatoms.